The number of fused-ring (bicyclic) bond motifs is 3. The number of anilines is 1. The lowest BCUT2D eigenvalue weighted by Crippen LogP contribution is -2.33. The highest BCUT2D eigenvalue weighted by molar-refractivity contribution is 7.86. The molecule has 0 bridgehead atoms. The van der Waals surface area contributed by atoms with Crippen molar-refractivity contribution in [1.82, 2.24) is 9.97 Å². The Hall–Kier alpha value is -8.78. The van der Waals surface area contributed by atoms with Crippen molar-refractivity contribution in [2.45, 2.75) is 25.6 Å². The number of carboxylic acid groups (broad SMARTS) is 1. The highest BCUT2D eigenvalue weighted by Crippen LogP contribution is 2.46. The molecular weight excluding hydrogens is 1130 g/mol. The minimum absolute atomic E-state index is 0.0515. The van der Waals surface area contributed by atoms with Gasteiger partial charge in [0.25, 0.3) is 46.4 Å². The van der Waals surface area contributed by atoms with E-state index in [2.05, 4.69) is 45.8 Å². The summed E-state index contributed by atoms with van der Waals surface area (Å²) in [6.07, 6.45) is 0. The fraction of sp³-hybridized carbons (Fsp3) is 0.136. The van der Waals surface area contributed by atoms with Crippen LogP contribution in [-0.4, -0.2) is 139 Å². The SMILES string of the molecule is COc1ccc(N=Nc2cc(OCCO)c(N=Nc3c(S(=O)(=O)O)cc4c(ccc5[nH]c(-c6ccc(N=NC7C(=O)N(c8ccc(S(=O)(=O)O)cc8)N=C7C(=O)O)cc6S(=O)(=O)O)nc54)c3O)cc2OCCO)c(S(=O)(=O)O)c1. The number of aromatic amines is 1. The lowest BCUT2D eigenvalue weighted by atomic mass is 10.1. The van der Waals surface area contributed by atoms with Crippen molar-refractivity contribution in [2.24, 2.45) is 35.8 Å². The van der Waals surface area contributed by atoms with E-state index in [1.165, 1.54) is 31.4 Å². The molecule has 1 amide bonds. The van der Waals surface area contributed by atoms with E-state index in [1.54, 1.807) is 0 Å². The van der Waals surface area contributed by atoms with Crippen molar-refractivity contribution in [3.63, 3.8) is 0 Å². The first-order valence-corrected chi connectivity index (χ1v) is 27.5. The van der Waals surface area contributed by atoms with Gasteiger partial charge in [-0.3, -0.25) is 23.0 Å². The fourth-order valence-corrected chi connectivity index (χ4v) is 9.91. The first kappa shape index (κ1) is 56.4. The van der Waals surface area contributed by atoms with Crippen molar-refractivity contribution >= 4 is 114 Å². The number of aromatic hydroxyl groups is 1. The number of aliphatic carboxylic acids is 1. The number of hydrogen-bond acceptors (Lipinski definition) is 24. The molecule has 6 aromatic carbocycles. The number of H-pyrrole nitrogens is 1. The normalized spacial score (nSPS) is 14.6. The second kappa shape index (κ2) is 21.9. The quantitative estimate of drug-likeness (QED) is 0.0331. The second-order valence-corrected chi connectivity index (χ2v) is 21.6. The fourth-order valence-electron chi connectivity index (χ4n) is 7.43. The number of hydrogen-bond donors (Lipinski definition) is 9. The number of aliphatic hydroxyl groups is 2. The van der Waals surface area contributed by atoms with Crippen LogP contribution in [0.3, 0.4) is 0 Å². The number of carbonyl (C=O) groups is 2. The maximum absolute atomic E-state index is 13.3. The van der Waals surface area contributed by atoms with Gasteiger partial charge >= 0.3 is 5.97 Å². The van der Waals surface area contributed by atoms with Crippen LogP contribution in [0.5, 0.6) is 23.0 Å². The topological polar surface area (TPSA) is 479 Å². The number of amides is 1. The molecule has 0 fully saturated rings. The zero-order valence-corrected chi connectivity index (χ0v) is 42.9. The van der Waals surface area contributed by atoms with Gasteiger partial charge < -0.3 is 39.6 Å². The molecule has 7 aromatic rings. The number of nitrogens with zero attached hydrogens (tertiary/aromatic N) is 9. The van der Waals surface area contributed by atoms with Crippen LogP contribution in [0.25, 0.3) is 33.2 Å². The summed E-state index contributed by atoms with van der Waals surface area (Å²) in [6, 6.07) is 14.2. The van der Waals surface area contributed by atoms with E-state index in [4.69, 9.17) is 14.2 Å². The lowest BCUT2D eigenvalue weighted by Gasteiger charge is -2.13. The Balaban J connectivity index is 1.16. The van der Waals surface area contributed by atoms with Crippen LogP contribution in [0.2, 0.25) is 0 Å². The number of carboxylic acids is 1. The van der Waals surface area contributed by atoms with Gasteiger partial charge in [0.05, 0.1) is 47.6 Å². The van der Waals surface area contributed by atoms with Crippen LogP contribution in [0.4, 0.5) is 34.1 Å². The average molecular weight is 1170 g/mol. The zero-order chi connectivity index (χ0) is 57.4. The third-order valence-electron chi connectivity index (χ3n) is 11.0. The largest absolute Gasteiger partial charge is 0.505 e. The molecule has 31 nitrogen and oxygen atoms in total. The molecule has 1 aliphatic rings. The number of phenols is 1. The van der Waals surface area contributed by atoms with E-state index < -0.39 is 108 Å². The molecule has 0 radical (unpaired) electrons. The molecule has 0 saturated heterocycles. The summed E-state index contributed by atoms with van der Waals surface area (Å²) >= 11 is 0. The summed E-state index contributed by atoms with van der Waals surface area (Å²) in [5.41, 5.74) is -3.46. The van der Waals surface area contributed by atoms with Crippen molar-refractivity contribution < 1.29 is 96.1 Å². The number of imidazole rings is 1. The molecular formula is C44H36N10O21S4. The molecule has 2 heterocycles. The number of carbonyl (C=O) groups excluding carboxylic acids is 1. The number of benzene rings is 6. The van der Waals surface area contributed by atoms with E-state index in [0.29, 0.717) is 5.01 Å². The third-order valence-corrected chi connectivity index (χ3v) is 14.5. The molecule has 0 spiro atoms. The second-order valence-electron chi connectivity index (χ2n) is 16.0. The number of aliphatic hydroxyl groups excluding tert-OH is 2. The number of hydrazone groups is 1. The average Bonchev–Trinajstić information content (AvgIpc) is 3.99. The van der Waals surface area contributed by atoms with Crippen LogP contribution in [-0.2, 0) is 50.1 Å². The van der Waals surface area contributed by atoms with E-state index in [1.807, 2.05) is 0 Å². The number of azo groups is 3. The molecule has 1 unspecified atom stereocenters. The molecule has 9 N–H and O–H groups in total. The van der Waals surface area contributed by atoms with Crippen LogP contribution < -0.4 is 19.2 Å². The Morgan fingerprint density at radius 2 is 1.28 bits per heavy atom. The van der Waals surface area contributed by atoms with Gasteiger partial charge in [0.1, 0.15) is 73.7 Å². The first-order valence-electron chi connectivity index (χ1n) is 21.8. The summed E-state index contributed by atoms with van der Waals surface area (Å²) in [6.45, 7) is -1.85. The van der Waals surface area contributed by atoms with Gasteiger partial charge in [0.2, 0.25) is 6.04 Å². The zero-order valence-electron chi connectivity index (χ0n) is 39.6. The van der Waals surface area contributed by atoms with Crippen molar-refractivity contribution in [1.29, 1.82) is 0 Å². The number of nitrogens with one attached hydrogen (secondary N) is 1. The van der Waals surface area contributed by atoms with Gasteiger partial charge in [-0.15, -0.1) is 20.5 Å². The predicted molar refractivity (Wildman–Crippen MR) is 270 cm³/mol. The Kier molecular flexibility index (Phi) is 15.7. The Morgan fingerprint density at radius 1 is 0.671 bits per heavy atom. The highest BCUT2D eigenvalue weighted by Gasteiger charge is 2.41. The van der Waals surface area contributed by atoms with Gasteiger partial charge in [-0.05, 0) is 72.8 Å². The van der Waals surface area contributed by atoms with Crippen molar-refractivity contribution in [3.8, 4) is 34.4 Å². The number of ether oxygens (including phenoxy) is 3. The van der Waals surface area contributed by atoms with Crippen LogP contribution in [0, 0.1) is 0 Å². The lowest BCUT2D eigenvalue weighted by molar-refractivity contribution is -0.130. The number of aromatic nitrogens is 2. The summed E-state index contributed by atoms with van der Waals surface area (Å²) in [5, 5.41) is 68.0. The minimum Gasteiger partial charge on any atom is -0.505 e. The molecule has 8 rings (SSSR count). The van der Waals surface area contributed by atoms with Crippen molar-refractivity contribution in [3.05, 3.63) is 91.0 Å². The summed E-state index contributed by atoms with van der Waals surface area (Å²) in [5.74, 6) is -4.42. The maximum atomic E-state index is 13.3. The van der Waals surface area contributed by atoms with Gasteiger partial charge in [-0.25, -0.2) is 9.78 Å². The van der Waals surface area contributed by atoms with E-state index >= 15 is 0 Å². The van der Waals surface area contributed by atoms with E-state index in [9.17, 15) is 81.9 Å². The molecule has 1 aromatic heterocycles. The number of methoxy groups -OCH3 is 1. The minimum atomic E-state index is -5.34. The Labute approximate surface area is 443 Å². The smallest absolute Gasteiger partial charge is 0.355 e. The molecule has 1 aliphatic heterocycles. The number of phenolic OH excluding ortho intramolecular Hbond substituents is 1. The molecule has 412 valence electrons. The van der Waals surface area contributed by atoms with E-state index in [-0.39, 0.29) is 92.1 Å². The van der Waals surface area contributed by atoms with Gasteiger partial charge in [0, 0.05) is 34.5 Å². The van der Waals surface area contributed by atoms with Crippen LogP contribution in [0.1, 0.15) is 0 Å². The summed E-state index contributed by atoms with van der Waals surface area (Å²) in [7, 11) is -18.8. The molecule has 79 heavy (non-hydrogen) atoms. The Bertz CT molecular complexity index is 4250. The summed E-state index contributed by atoms with van der Waals surface area (Å²) in [4.78, 5) is 29.5. The highest BCUT2D eigenvalue weighted by atomic mass is 32.2. The van der Waals surface area contributed by atoms with Crippen LogP contribution >= 0.6 is 0 Å². The van der Waals surface area contributed by atoms with Gasteiger partial charge in [-0.2, -0.15) is 54.0 Å². The first-order chi connectivity index (χ1) is 37.2. The van der Waals surface area contributed by atoms with E-state index in [0.717, 1.165) is 66.7 Å². The monoisotopic (exact) mass is 1170 g/mol. The maximum Gasteiger partial charge on any atom is 0.355 e. The molecule has 1 atom stereocenters. The summed E-state index contributed by atoms with van der Waals surface area (Å²) < 4.78 is 155. The standard InChI is InChI=1S/C44H36N10O21S4/c1-73-23-5-10-28(35(17-23)78(67,68)69)48-49-30-19-33(75-15-13-56)31(20-32(30)74-14-12-55)50-51-38-36(79(70,71)72)18-27-25(41(38)57)9-11-29-37(27)46-42(45-29)26-8-2-21(16-34(26)77(64,65)66)47-52-39-40(44(59)60)53-54(43(39)58)22-3-6-24(7-4-22)76(61,62)63/h2-11,16-20,39,55-57H,12-15H2,1H3,(H,45,46)(H,59,60)(H,61,62,63)(H,64,65,66)(H,67,68,69)(H,70,71,72). The number of rotatable bonds is 20. The third kappa shape index (κ3) is 12.0. The molecule has 0 aliphatic carbocycles. The molecule has 35 heteroatoms. The predicted octanol–water partition coefficient (Wildman–Crippen LogP) is 5.60. The van der Waals surface area contributed by atoms with Crippen LogP contribution in [0.15, 0.2) is 146 Å². The van der Waals surface area contributed by atoms with Gasteiger partial charge in [0.15, 0.2) is 11.5 Å². The molecule has 0 saturated carbocycles. The van der Waals surface area contributed by atoms with Gasteiger partial charge in [-0.1, -0.05) is 0 Å². The van der Waals surface area contributed by atoms with Crippen molar-refractivity contribution in [2.75, 3.05) is 38.5 Å². The Morgan fingerprint density at radius 3 is 1.85 bits per heavy atom.